The number of amides is 2. The van der Waals surface area contributed by atoms with Crippen molar-refractivity contribution in [3.8, 4) is 0 Å². The van der Waals surface area contributed by atoms with Crippen LogP contribution in [0.4, 0.5) is 5.69 Å². The maximum Gasteiger partial charge on any atom is 0.276 e. The van der Waals surface area contributed by atoms with E-state index in [2.05, 4.69) is 25.9 Å². The van der Waals surface area contributed by atoms with Crippen molar-refractivity contribution in [2.45, 2.75) is 12.8 Å². The van der Waals surface area contributed by atoms with E-state index in [1.165, 1.54) is 12.4 Å². The number of halogens is 1. The highest BCUT2D eigenvalue weighted by atomic mass is 35.5. The molecule has 0 aliphatic carbocycles. The van der Waals surface area contributed by atoms with Crippen molar-refractivity contribution in [3.05, 3.63) is 53.1 Å². The highest BCUT2D eigenvalue weighted by Crippen LogP contribution is 2.15. The number of aromatic nitrogens is 2. The number of benzene rings is 1. The molecule has 1 aromatic heterocycles. The molecule has 1 saturated heterocycles. The third kappa shape index (κ3) is 4.77. The second-order valence-corrected chi connectivity index (χ2v) is 6.57. The third-order valence-corrected chi connectivity index (χ3v) is 4.43. The highest BCUT2D eigenvalue weighted by Gasteiger charge is 2.21. The lowest BCUT2D eigenvalue weighted by Crippen LogP contribution is -2.38. The molecule has 2 amide bonds. The van der Waals surface area contributed by atoms with Crippen LogP contribution in [0.5, 0.6) is 0 Å². The van der Waals surface area contributed by atoms with E-state index in [0.717, 1.165) is 25.9 Å². The molecule has 136 valence electrons. The van der Waals surface area contributed by atoms with Crippen molar-refractivity contribution < 1.29 is 9.59 Å². The minimum Gasteiger partial charge on any atom is -0.350 e. The van der Waals surface area contributed by atoms with Gasteiger partial charge in [-0.25, -0.2) is 9.97 Å². The summed E-state index contributed by atoms with van der Waals surface area (Å²) in [5.41, 5.74) is 0.564. The van der Waals surface area contributed by atoms with Crippen molar-refractivity contribution in [2.75, 3.05) is 25.0 Å². The summed E-state index contributed by atoms with van der Waals surface area (Å²) in [6.45, 7) is 2.44. The molecule has 3 rings (SSSR count). The molecule has 0 saturated carbocycles. The summed E-state index contributed by atoms with van der Waals surface area (Å²) in [4.78, 5) is 33.1. The molecule has 26 heavy (non-hydrogen) atoms. The molecule has 7 nitrogen and oxygen atoms in total. The van der Waals surface area contributed by atoms with Gasteiger partial charge in [-0.05, 0) is 56.1 Å². The Hall–Kier alpha value is -2.51. The smallest absolute Gasteiger partial charge is 0.276 e. The van der Waals surface area contributed by atoms with E-state index >= 15 is 0 Å². The third-order valence-electron chi connectivity index (χ3n) is 4.18. The second kappa shape index (κ2) is 8.73. The first-order valence-corrected chi connectivity index (χ1v) is 8.88. The van der Waals surface area contributed by atoms with Gasteiger partial charge >= 0.3 is 0 Å². The molecule has 3 N–H and O–H groups in total. The van der Waals surface area contributed by atoms with Gasteiger partial charge in [-0.3, -0.25) is 9.59 Å². The Kier molecular flexibility index (Phi) is 6.14. The van der Waals surface area contributed by atoms with Crippen LogP contribution in [0.25, 0.3) is 0 Å². The molecular weight excluding hydrogens is 354 g/mol. The van der Waals surface area contributed by atoms with Gasteiger partial charge in [0.1, 0.15) is 0 Å². The maximum atomic E-state index is 12.5. The van der Waals surface area contributed by atoms with E-state index < -0.39 is 11.8 Å². The van der Waals surface area contributed by atoms with Crippen molar-refractivity contribution in [3.63, 3.8) is 0 Å². The number of nitrogens with one attached hydrogen (secondary N) is 3. The molecule has 1 aliphatic rings. The standard InChI is InChI=1S/C18H20ClN5O2/c19-13-3-5-14(6-4-13)24-18(26)16-15(21-8-9-22-16)17(25)23-11-12-2-1-7-20-10-12/h3-6,8-9,12,20H,1-2,7,10-11H2,(H,23,25)(H,24,26). The second-order valence-electron chi connectivity index (χ2n) is 6.14. The highest BCUT2D eigenvalue weighted by molar-refractivity contribution is 6.30. The van der Waals surface area contributed by atoms with Crippen LogP contribution >= 0.6 is 11.6 Å². The van der Waals surface area contributed by atoms with Crippen LogP contribution in [0.2, 0.25) is 5.02 Å². The number of piperidine rings is 1. The van der Waals surface area contributed by atoms with Crippen LogP contribution in [0.3, 0.4) is 0 Å². The van der Waals surface area contributed by atoms with E-state index in [0.29, 0.717) is 23.2 Å². The maximum absolute atomic E-state index is 12.5. The summed E-state index contributed by atoms with van der Waals surface area (Å²) in [6, 6.07) is 6.68. The van der Waals surface area contributed by atoms with Gasteiger partial charge in [0.25, 0.3) is 11.8 Å². The van der Waals surface area contributed by atoms with Gasteiger partial charge in [0.05, 0.1) is 0 Å². The van der Waals surface area contributed by atoms with Crippen molar-refractivity contribution >= 4 is 29.1 Å². The van der Waals surface area contributed by atoms with Gasteiger partial charge in [-0.2, -0.15) is 0 Å². The van der Waals surface area contributed by atoms with E-state index in [4.69, 9.17) is 11.6 Å². The number of anilines is 1. The summed E-state index contributed by atoms with van der Waals surface area (Å²) in [6.07, 6.45) is 4.95. The zero-order chi connectivity index (χ0) is 18.4. The number of nitrogens with zero attached hydrogens (tertiary/aromatic N) is 2. The molecule has 0 radical (unpaired) electrons. The molecule has 1 aromatic carbocycles. The Morgan fingerprint density at radius 2 is 1.81 bits per heavy atom. The van der Waals surface area contributed by atoms with Gasteiger partial charge in [0.2, 0.25) is 0 Å². The average Bonchev–Trinajstić information content (AvgIpc) is 2.68. The van der Waals surface area contributed by atoms with E-state index in [-0.39, 0.29) is 11.4 Å². The van der Waals surface area contributed by atoms with Crippen LogP contribution < -0.4 is 16.0 Å². The first kappa shape index (κ1) is 18.3. The number of carbonyl (C=O) groups is 2. The quantitative estimate of drug-likeness (QED) is 0.746. The van der Waals surface area contributed by atoms with Crippen LogP contribution in [0, 0.1) is 5.92 Å². The zero-order valence-electron chi connectivity index (χ0n) is 14.2. The van der Waals surface area contributed by atoms with Gasteiger partial charge in [0.15, 0.2) is 11.4 Å². The molecule has 0 spiro atoms. The van der Waals surface area contributed by atoms with Gasteiger partial charge < -0.3 is 16.0 Å². The van der Waals surface area contributed by atoms with E-state index in [1.54, 1.807) is 24.3 Å². The lowest BCUT2D eigenvalue weighted by atomic mass is 10.00. The molecule has 1 unspecified atom stereocenters. The topological polar surface area (TPSA) is 96.0 Å². The van der Waals surface area contributed by atoms with Crippen LogP contribution in [0.15, 0.2) is 36.7 Å². The molecule has 2 heterocycles. The molecular formula is C18H20ClN5O2. The molecule has 8 heteroatoms. The lowest BCUT2D eigenvalue weighted by Gasteiger charge is -2.22. The average molecular weight is 374 g/mol. The monoisotopic (exact) mass is 373 g/mol. The van der Waals surface area contributed by atoms with Crippen molar-refractivity contribution in [2.24, 2.45) is 5.92 Å². The van der Waals surface area contributed by atoms with Crippen LogP contribution in [-0.4, -0.2) is 41.4 Å². The summed E-state index contributed by atoms with van der Waals surface area (Å²) in [5.74, 6) is -0.509. The first-order valence-electron chi connectivity index (χ1n) is 8.50. The fourth-order valence-electron chi connectivity index (χ4n) is 2.81. The lowest BCUT2D eigenvalue weighted by molar-refractivity contribution is 0.0925. The Bertz CT molecular complexity index is 775. The van der Waals surface area contributed by atoms with Crippen molar-refractivity contribution in [1.82, 2.24) is 20.6 Å². The minimum absolute atomic E-state index is 0.0123. The van der Waals surface area contributed by atoms with E-state index in [9.17, 15) is 9.59 Å². The summed E-state index contributed by atoms with van der Waals surface area (Å²) in [5, 5.41) is 9.43. The number of carbonyl (C=O) groups excluding carboxylic acids is 2. The largest absolute Gasteiger partial charge is 0.350 e. The Balaban J connectivity index is 1.67. The normalized spacial score (nSPS) is 16.7. The number of rotatable bonds is 5. The molecule has 0 bridgehead atoms. The van der Waals surface area contributed by atoms with E-state index in [1.807, 2.05) is 0 Å². The van der Waals surface area contributed by atoms with Crippen LogP contribution in [0.1, 0.15) is 33.8 Å². The van der Waals surface area contributed by atoms with Crippen molar-refractivity contribution in [1.29, 1.82) is 0 Å². The summed E-state index contributed by atoms with van der Waals surface area (Å²) < 4.78 is 0. The minimum atomic E-state index is -0.495. The Morgan fingerprint density at radius 3 is 2.46 bits per heavy atom. The van der Waals surface area contributed by atoms with Crippen LogP contribution in [-0.2, 0) is 0 Å². The fourth-order valence-corrected chi connectivity index (χ4v) is 2.94. The number of hydrogen-bond acceptors (Lipinski definition) is 5. The predicted octanol–water partition coefficient (Wildman–Crippen LogP) is 2.11. The summed E-state index contributed by atoms with van der Waals surface area (Å²) in [7, 11) is 0. The SMILES string of the molecule is O=C(NCC1CCCNC1)c1nccnc1C(=O)Nc1ccc(Cl)cc1. The number of hydrogen-bond donors (Lipinski definition) is 3. The first-order chi connectivity index (χ1) is 12.6. The molecule has 2 aromatic rings. The summed E-state index contributed by atoms with van der Waals surface area (Å²) >= 11 is 5.84. The molecule has 1 aliphatic heterocycles. The zero-order valence-corrected chi connectivity index (χ0v) is 14.9. The van der Waals surface area contributed by atoms with Gasteiger partial charge in [0, 0.05) is 29.6 Å². The Labute approximate surface area is 156 Å². The Morgan fingerprint density at radius 1 is 1.12 bits per heavy atom. The molecule has 1 atom stereocenters. The van der Waals surface area contributed by atoms with Gasteiger partial charge in [-0.15, -0.1) is 0 Å². The fraction of sp³-hybridized carbons (Fsp3) is 0.333. The molecule has 1 fully saturated rings. The predicted molar refractivity (Wildman–Crippen MR) is 99.4 cm³/mol. The van der Waals surface area contributed by atoms with Gasteiger partial charge in [-0.1, -0.05) is 11.6 Å².